The zero-order valence-electron chi connectivity index (χ0n) is 15.6. The fourth-order valence-electron chi connectivity index (χ4n) is 2.95. The zero-order valence-corrected chi connectivity index (χ0v) is 16.4. The van der Waals surface area contributed by atoms with Crippen molar-refractivity contribution in [3.63, 3.8) is 0 Å². The second kappa shape index (κ2) is 8.60. The first-order chi connectivity index (χ1) is 14.1. The van der Waals surface area contributed by atoms with Crippen LogP contribution in [-0.4, -0.2) is 56.3 Å². The number of carbonyl (C=O) groups is 1. The summed E-state index contributed by atoms with van der Waals surface area (Å²) in [5.74, 6) is -1.24. The number of alkyl halides is 3. The average Bonchev–Trinajstić information content (AvgIpc) is 2.71. The van der Waals surface area contributed by atoms with Gasteiger partial charge in [0.2, 0.25) is 10.0 Å². The third kappa shape index (κ3) is 5.08. The Bertz CT molecular complexity index is 1020. The molecule has 1 saturated heterocycles. The maximum Gasteiger partial charge on any atom is 0.416 e. The van der Waals surface area contributed by atoms with E-state index in [1.165, 1.54) is 29.2 Å². The maximum absolute atomic E-state index is 13.3. The SMILES string of the molecule is O=C(COc1cccc(C(F)(F)F)c1)N1CCN(S(=O)(=O)c2cccc(F)c2)CC1. The van der Waals surface area contributed by atoms with Gasteiger partial charge in [-0.1, -0.05) is 12.1 Å². The summed E-state index contributed by atoms with van der Waals surface area (Å²) in [5.41, 5.74) is -0.886. The molecule has 1 aliphatic rings. The molecule has 1 fully saturated rings. The molecule has 0 atom stereocenters. The predicted octanol–water partition coefficient (Wildman–Crippen LogP) is 2.76. The van der Waals surface area contributed by atoms with Crippen molar-refractivity contribution in [2.45, 2.75) is 11.1 Å². The van der Waals surface area contributed by atoms with Gasteiger partial charge in [-0.25, -0.2) is 12.8 Å². The molecular formula is C19H18F4N2O4S. The first-order valence-electron chi connectivity index (χ1n) is 8.91. The fourth-order valence-corrected chi connectivity index (χ4v) is 4.41. The van der Waals surface area contributed by atoms with E-state index in [1.54, 1.807) is 0 Å². The second-order valence-corrected chi connectivity index (χ2v) is 8.49. The van der Waals surface area contributed by atoms with Gasteiger partial charge in [0.05, 0.1) is 10.5 Å². The summed E-state index contributed by atoms with van der Waals surface area (Å²) in [6.45, 7) is -0.293. The molecule has 1 aliphatic heterocycles. The van der Waals surface area contributed by atoms with Crippen LogP contribution in [0.25, 0.3) is 0 Å². The lowest BCUT2D eigenvalue weighted by molar-refractivity contribution is -0.137. The first kappa shape index (κ1) is 22.0. The number of amides is 1. The molecule has 30 heavy (non-hydrogen) atoms. The third-order valence-corrected chi connectivity index (χ3v) is 6.44. The number of hydrogen-bond donors (Lipinski definition) is 0. The van der Waals surface area contributed by atoms with Gasteiger partial charge in [0.1, 0.15) is 11.6 Å². The smallest absolute Gasteiger partial charge is 0.416 e. The van der Waals surface area contributed by atoms with Crippen LogP contribution in [0.2, 0.25) is 0 Å². The molecule has 6 nitrogen and oxygen atoms in total. The normalized spacial score (nSPS) is 15.8. The van der Waals surface area contributed by atoms with Gasteiger partial charge in [0.15, 0.2) is 6.61 Å². The summed E-state index contributed by atoms with van der Waals surface area (Å²) in [5, 5.41) is 0. The number of sulfonamides is 1. The molecule has 0 unspecified atom stereocenters. The Hall–Kier alpha value is -2.66. The Morgan fingerprint density at radius 1 is 1.00 bits per heavy atom. The highest BCUT2D eigenvalue weighted by molar-refractivity contribution is 7.89. The quantitative estimate of drug-likeness (QED) is 0.663. The molecule has 0 aromatic heterocycles. The highest BCUT2D eigenvalue weighted by Crippen LogP contribution is 2.31. The van der Waals surface area contributed by atoms with Crippen LogP contribution >= 0.6 is 0 Å². The largest absolute Gasteiger partial charge is 0.484 e. The summed E-state index contributed by atoms with van der Waals surface area (Å²) in [4.78, 5) is 13.5. The van der Waals surface area contributed by atoms with E-state index in [4.69, 9.17) is 4.74 Å². The summed E-state index contributed by atoms with van der Waals surface area (Å²) in [6, 6.07) is 8.84. The lowest BCUT2D eigenvalue weighted by Gasteiger charge is -2.34. The fraction of sp³-hybridized carbons (Fsp3) is 0.316. The van der Waals surface area contributed by atoms with Crippen LogP contribution in [0.4, 0.5) is 17.6 Å². The van der Waals surface area contributed by atoms with Crippen LogP contribution < -0.4 is 4.74 Å². The van der Waals surface area contributed by atoms with Crippen molar-refractivity contribution in [1.29, 1.82) is 0 Å². The van der Waals surface area contributed by atoms with Crippen molar-refractivity contribution in [3.8, 4) is 5.75 Å². The van der Waals surface area contributed by atoms with E-state index < -0.39 is 40.1 Å². The Morgan fingerprint density at radius 3 is 2.30 bits per heavy atom. The number of carbonyl (C=O) groups excluding carboxylic acids is 1. The van der Waals surface area contributed by atoms with E-state index in [0.29, 0.717) is 0 Å². The maximum atomic E-state index is 13.3. The Kier molecular flexibility index (Phi) is 6.32. The Balaban J connectivity index is 1.56. The van der Waals surface area contributed by atoms with Crippen molar-refractivity contribution in [3.05, 3.63) is 59.9 Å². The number of hydrogen-bond acceptors (Lipinski definition) is 4. The van der Waals surface area contributed by atoms with Gasteiger partial charge < -0.3 is 9.64 Å². The number of halogens is 4. The third-order valence-electron chi connectivity index (χ3n) is 4.55. The van der Waals surface area contributed by atoms with E-state index in [0.717, 1.165) is 28.6 Å². The molecule has 0 spiro atoms. The van der Waals surface area contributed by atoms with Gasteiger partial charge >= 0.3 is 6.18 Å². The minimum absolute atomic E-state index is 0.00808. The number of benzene rings is 2. The highest BCUT2D eigenvalue weighted by Gasteiger charge is 2.32. The molecule has 2 aromatic carbocycles. The van der Waals surface area contributed by atoms with Crippen LogP contribution in [0.1, 0.15) is 5.56 Å². The second-order valence-electron chi connectivity index (χ2n) is 6.56. The molecule has 3 rings (SSSR count). The van der Waals surface area contributed by atoms with Gasteiger partial charge in [0, 0.05) is 26.2 Å². The molecule has 1 heterocycles. The Morgan fingerprint density at radius 2 is 1.67 bits per heavy atom. The molecular weight excluding hydrogens is 428 g/mol. The first-order valence-corrected chi connectivity index (χ1v) is 10.3. The predicted molar refractivity (Wildman–Crippen MR) is 98.7 cm³/mol. The van der Waals surface area contributed by atoms with Crippen LogP contribution in [0, 0.1) is 5.82 Å². The zero-order chi connectivity index (χ0) is 21.9. The van der Waals surface area contributed by atoms with Crippen molar-refractivity contribution in [2.75, 3.05) is 32.8 Å². The minimum atomic E-state index is -4.52. The van der Waals surface area contributed by atoms with Crippen LogP contribution in [0.3, 0.4) is 0 Å². The number of rotatable bonds is 5. The standard InChI is InChI=1S/C19H18F4N2O4S/c20-15-4-2-6-17(12-15)30(27,28)25-9-7-24(8-10-25)18(26)13-29-16-5-1-3-14(11-16)19(21,22)23/h1-6,11-12H,7-10,13H2. The van der Waals surface area contributed by atoms with Crippen molar-refractivity contribution in [2.24, 2.45) is 0 Å². The van der Waals surface area contributed by atoms with Gasteiger partial charge in [0.25, 0.3) is 5.91 Å². The highest BCUT2D eigenvalue weighted by atomic mass is 32.2. The number of nitrogens with zero attached hydrogens (tertiary/aromatic N) is 2. The van der Waals surface area contributed by atoms with Crippen molar-refractivity contribution >= 4 is 15.9 Å². The molecule has 0 aliphatic carbocycles. The summed E-state index contributed by atoms with van der Waals surface area (Å²) >= 11 is 0. The van der Waals surface area contributed by atoms with E-state index in [2.05, 4.69) is 0 Å². The molecule has 0 radical (unpaired) electrons. The topological polar surface area (TPSA) is 66.9 Å². The van der Waals surface area contributed by atoms with E-state index in [9.17, 15) is 30.8 Å². The minimum Gasteiger partial charge on any atom is -0.484 e. The molecule has 2 aromatic rings. The molecule has 162 valence electrons. The Labute approximate surface area is 170 Å². The van der Waals surface area contributed by atoms with Gasteiger partial charge in [-0.3, -0.25) is 4.79 Å². The molecule has 11 heteroatoms. The van der Waals surface area contributed by atoms with Gasteiger partial charge in [-0.15, -0.1) is 0 Å². The molecule has 0 saturated carbocycles. The van der Waals surface area contributed by atoms with Gasteiger partial charge in [-0.05, 0) is 36.4 Å². The number of ether oxygens (including phenoxy) is 1. The van der Waals surface area contributed by atoms with Crippen LogP contribution in [0.15, 0.2) is 53.4 Å². The van der Waals surface area contributed by atoms with Crippen LogP contribution in [0.5, 0.6) is 5.75 Å². The molecule has 0 bridgehead atoms. The van der Waals surface area contributed by atoms with Crippen molar-refractivity contribution in [1.82, 2.24) is 9.21 Å². The van der Waals surface area contributed by atoms with Crippen LogP contribution in [-0.2, 0) is 21.0 Å². The monoisotopic (exact) mass is 446 g/mol. The molecule has 0 N–H and O–H groups in total. The summed E-state index contributed by atoms with van der Waals surface area (Å²) in [6.07, 6.45) is -4.52. The summed E-state index contributed by atoms with van der Waals surface area (Å²) in [7, 11) is -3.89. The number of piperazine rings is 1. The van der Waals surface area contributed by atoms with E-state index >= 15 is 0 Å². The van der Waals surface area contributed by atoms with E-state index in [-0.39, 0.29) is 36.8 Å². The lowest BCUT2D eigenvalue weighted by Crippen LogP contribution is -2.51. The summed E-state index contributed by atoms with van der Waals surface area (Å²) < 4.78 is 83.0. The lowest BCUT2D eigenvalue weighted by atomic mass is 10.2. The molecule has 1 amide bonds. The average molecular weight is 446 g/mol. The van der Waals surface area contributed by atoms with E-state index in [1.807, 2.05) is 0 Å². The van der Waals surface area contributed by atoms with Gasteiger partial charge in [-0.2, -0.15) is 17.5 Å². The van der Waals surface area contributed by atoms with Crippen molar-refractivity contribution < 1.29 is 35.5 Å².